The third-order valence-corrected chi connectivity index (χ3v) is 3.60. The molecule has 0 aliphatic carbocycles. The van der Waals surface area contributed by atoms with Gasteiger partial charge >= 0.3 is 0 Å². The van der Waals surface area contributed by atoms with Crippen LogP contribution >= 0.6 is 0 Å². The lowest BCUT2D eigenvalue weighted by atomic mass is 10.0. The quantitative estimate of drug-likeness (QED) is 0.662. The maximum Gasteiger partial charge on any atom is 0.240 e. The molecule has 22 heavy (non-hydrogen) atoms. The Hall–Kier alpha value is -2.42. The fraction of sp³-hybridized carbons (Fsp3) is 0.263. The summed E-state index contributed by atoms with van der Waals surface area (Å²) in [7, 11) is 0. The molecule has 2 aromatic rings. The normalized spacial score (nSPS) is 11.3. The van der Waals surface area contributed by atoms with Crippen molar-refractivity contribution in [3.8, 4) is 0 Å². The SMILES string of the molecule is CC(=NNC(=O)CCc1ccccc1)c1ccc(C)cc1C. The first-order chi connectivity index (χ1) is 10.6. The van der Waals surface area contributed by atoms with Crippen LogP contribution < -0.4 is 5.43 Å². The number of hydrogen-bond donors (Lipinski definition) is 1. The highest BCUT2D eigenvalue weighted by Gasteiger charge is 2.04. The summed E-state index contributed by atoms with van der Waals surface area (Å²) in [5.41, 5.74) is 8.08. The Bertz CT molecular complexity index is 675. The number of hydrazone groups is 1. The summed E-state index contributed by atoms with van der Waals surface area (Å²) >= 11 is 0. The van der Waals surface area contributed by atoms with E-state index in [1.807, 2.05) is 43.3 Å². The average Bonchev–Trinajstić information content (AvgIpc) is 2.51. The van der Waals surface area contributed by atoms with Crippen LogP contribution in [0.25, 0.3) is 0 Å². The molecule has 2 rings (SSSR count). The molecule has 0 heterocycles. The lowest BCUT2D eigenvalue weighted by molar-refractivity contribution is -0.121. The summed E-state index contributed by atoms with van der Waals surface area (Å²) in [6.07, 6.45) is 1.17. The van der Waals surface area contributed by atoms with Crippen molar-refractivity contribution < 1.29 is 4.79 Å². The largest absolute Gasteiger partial charge is 0.273 e. The lowest BCUT2D eigenvalue weighted by Crippen LogP contribution is -2.19. The van der Waals surface area contributed by atoms with Gasteiger partial charge in [0.05, 0.1) is 5.71 Å². The average molecular weight is 294 g/mol. The highest BCUT2D eigenvalue weighted by molar-refractivity contribution is 6.00. The Kier molecular flexibility index (Phi) is 5.48. The Morgan fingerprint density at radius 3 is 2.50 bits per heavy atom. The molecule has 0 saturated heterocycles. The maximum absolute atomic E-state index is 11.9. The maximum atomic E-state index is 11.9. The number of nitrogens with one attached hydrogen (secondary N) is 1. The van der Waals surface area contributed by atoms with E-state index in [1.165, 1.54) is 11.1 Å². The van der Waals surface area contributed by atoms with E-state index >= 15 is 0 Å². The van der Waals surface area contributed by atoms with Crippen LogP contribution in [-0.2, 0) is 11.2 Å². The van der Waals surface area contributed by atoms with Crippen LogP contribution in [0.1, 0.15) is 35.6 Å². The van der Waals surface area contributed by atoms with Crippen LogP contribution in [-0.4, -0.2) is 11.6 Å². The van der Waals surface area contributed by atoms with Gasteiger partial charge in [-0.05, 0) is 38.3 Å². The number of carbonyl (C=O) groups is 1. The Balaban J connectivity index is 1.91. The highest BCUT2D eigenvalue weighted by atomic mass is 16.2. The summed E-state index contributed by atoms with van der Waals surface area (Å²) in [6, 6.07) is 16.2. The van der Waals surface area contributed by atoms with E-state index in [1.54, 1.807) is 0 Å². The van der Waals surface area contributed by atoms with Crippen molar-refractivity contribution in [2.45, 2.75) is 33.6 Å². The van der Waals surface area contributed by atoms with Gasteiger partial charge in [0.1, 0.15) is 0 Å². The van der Waals surface area contributed by atoms with Gasteiger partial charge in [-0.2, -0.15) is 5.10 Å². The van der Waals surface area contributed by atoms with Gasteiger partial charge in [-0.25, -0.2) is 5.43 Å². The predicted molar refractivity (Wildman–Crippen MR) is 91.0 cm³/mol. The predicted octanol–water partition coefficient (Wildman–Crippen LogP) is 3.78. The van der Waals surface area contributed by atoms with Crippen molar-refractivity contribution in [2.24, 2.45) is 5.10 Å². The molecule has 0 aromatic heterocycles. The second kappa shape index (κ2) is 7.55. The molecule has 114 valence electrons. The van der Waals surface area contributed by atoms with Crippen molar-refractivity contribution in [1.82, 2.24) is 5.43 Å². The number of nitrogens with zero attached hydrogens (tertiary/aromatic N) is 1. The number of rotatable bonds is 5. The molecular formula is C19H22N2O. The number of carbonyl (C=O) groups excluding carboxylic acids is 1. The molecular weight excluding hydrogens is 272 g/mol. The van der Waals surface area contributed by atoms with Gasteiger partial charge < -0.3 is 0 Å². The molecule has 0 aliphatic rings. The Labute approximate surface area is 132 Å². The topological polar surface area (TPSA) is 41.5 Å². The zero-order chi connectivity index (χ0) is 15.9. The number of hydrogen-bond acceptors (Lipinski definition) is 2. The second-order valence-electron chi connectivity index (χ2n) is 5.54. The fourth-order valence-electron chi connectivity index (χ4n) is 2.38. The zero-order valence-electron chi connectivity index (χ0n) is 13.4. The molecule has 0 fully saturated rings. The number of amides is 1. The highest BCUT2D eigenvalue weighted by Crippen LogP contribution is 2.11. The van der Waals surface area contributed by atoms with E-state index in [-0.39, 0.29) is 5.91 Å². The number of benzene rings is 2. The van der Waals surface area contributed by atoms with Crippen molar-refractivity contribution >= 4 is 11.6 Å². The molecule has 0 aliphatic heterocycles. The van der Waals surface area contributed by atoms with Crippen LogP contribution in [0.3, 0.4) is 0 Å². The summed E-state index contributed by atoms with van der Waals surface area (Å²) in [5, 5.41) is 4.21. The van der Waals surface area contributed by atoms with Gasteiger partial charge in [-0.1, -0.05) is 54.1 Å². The minimum absolute atomic E-state index is 0.0621. The standard InChI is InChI=1S/C19H22N2O/c1-14-9-11-18(15(2)13-14)16(3)20-21-19(22)12-10-17-7-5-4-6-8-17/h4-9,11,13H,10,12H2,1-3H3,(H,21,22). The van der Waals surface area contributed by atoms with Gasteiger partial charge in [0, 0.05) is 12.0 Å². The van der Waals surface area contributed by atoms with Crippen LogP contribution in [0, 0.1) is 13.8 Å². The monoisotopic (exact) mass is 294 g/mol. The summed E-state index contributed by atoms with van der Waals surface area (Å²) in [5.74, 6) is -0.0621. The molecule has 1 amide bonds. The molecule has 0 spiro atoms. The molecule has 3 nitrogen and oxygen atoms in total. The molecule has 0 atom stereocenters. The summed E-state index contributed by atoms with van der Waals surface area (Å²) < 4.78 is 0. The van der Waals surface area contributed by atoms with Gasteiger partial charge in [-0.3, -0.25) is 4.79 Å². The minimum atomic E-state index is -0.0621. The molecule has 2 aromatic carbocycles. The van der Waals surface area contributed by atoms with E-state index in [0.29, 0.717) is 6.42 Å². The van der Waals surface area contributed by atoms with Gasteiger partial charge in [0.15, 0.2) is 0 Å². The third kappa shape index (κ3) is 4.55. The Morgan fingerprint density at radius 1 is 1.09 bits per heavy atom. The fourth-order valence-corrected chi connectivity index (χ4v) is 2.38. The van der Waals surface area contributed by atoms with E-state index in [0.717, 1.165) is 23.3 Å². The van der Waals surface area contributed by atoms with Gasteiger partial charge in [0.2, 0.25) is 5.91 Å². The van der Waals surface area contributed by atoms with E-state index < -0.39 is 0 Å². The van der Waals surface area contributed by atoms with E-state index in [4.69, 9.17) is 0 Å². The molecule has 0 bridgehead atoms. The van der Waals surface area contributed by atoms with Crippen molar-refractivity contribution in [2.75, 3.05) is 0 Å². The van der Waals surface area contributed by atoms with Crippen LogP contribution in [0.15, 0.2) is 53.6 Å². The molecule has 0 unspecified atom stereocenters. The third-order valence-electron chi connectivity index (χ3n) is 3.60. The first-order valence-electron chi connectivity index (χ1n) is 7.51. The van der Waals surface area contributed by atoms with Crippen LogP contribution in [0.5, 0.6) is 0 Å². The van der Waals surface area contributed by atoms with E-state index in [2.05, 4.69) is 36.5 Å². The second-order valence-corrected chi connectivity index (χ2v) is 5.54. The lowest BCUT2D eigenvalue weighted by Gasteiger charge is -2.07. The number of aryl methyl sites for hydroxylation is 3. The summed E-state index contributed by atoms with van der Waals surface area (Å²) in [6.45, 7) is 6.03. The zero-order valence-corrected chi connectivity index (χ0v) is 13.4. The van der Waals surface area contributed by atoms with Crippen molar-refractivity contribution in [3.05, 3.63) is 70.8 Å². The first kappa shape index (κ1) is 16.0. The first-order valence-corrected chi connectivity index (χ1v) is 7.51. The Morgan fingerprint density at radius 2 is 1.82 bits per heavy atom. The van der Waals surface area contributed by atoms with Crippen LogP contribution in [0.2, 0.25) is 0 Å². The molecule has 1 N–H and O–H groups in total. The van der Waals surface area contributed by atoms with Crippen molar-refractivity contribution in [1.29, 1.82) is 0 Å². The molecule has 3 heteroatoms. The van der Waals surface area contributed by atoms with Crippen molar-refractivity contribution in [3.63, 3.8) is 0 Å². The van der Waals surface area contributed by atoms with Gasteiger partial charge in [-0.15, -0.1) is 0 Å². The minimum Gasteiger partial charge on any atom is -0.273 e. The molecule has 0 saturated carbocycles. The van der Waals surface area contributed by atoms with Gasteiger partial charge in [0.25, 0.3) is 0 Å². The molecule has 0 radical (unpaired) electrons. The van der Waals surface area contributed by atoms with E-state index in [9.17, 15) is 4.79 Å². The smallest absolute Gasteiger partial charge is 0.240 e. The summed E-state index contributed by atoms with van der Waals surface area (Å²) in [4.78, 5) is 11.9. The van der Waals surface area contributed by atoms with Crippen LogP contribution in [0.4, 0.5) is 0 Å².